The molecule has 2 N–H and O–H groups in total. The number of aromatic nitrogens is 1. The highest BCUT2D eigenvalue weighted by atomic mass is 19.1. The molecule has 6 nitrogen and oxygen atoms in total. The van der Waals surface area contributed by atoms with Crippen LogP contribution in [0, 0.1) is 5.82 Å². The van der Waals surface area contributed by atoms with Gasteiger partial charge in [0.15, 0.2) is 0 Å². The number of anilines is 1. The highest BCUT2D eigenvalue weighted by molar-refractivity contribution is 5.69. The molecule has 1 unspecified atom stereocenters. The summed E-state index contributed by atoms with van der Waals surface area (Å²) in [5.41, 5.74) is 1.09. The number of carboxylic acids is 1. The summed E-state index contributed by atoms with van der Waals surface area (Å²) >= 11 is 0. The zero-order chi connectivity index (χ0) is 21.3. The van der Waals surface area contributed by atoms with Crippen LogP contribution in [0.15, 0.2) is 72.9 Å². The summed E-state index contributed by atoms with van der Waals surface area (Å²) in [6, 6.07) is 19.4. The molecule has 0 bridgehead atoms. The topological polar surface area (TPSA) is 74.7 Å². The molecule has 0 amide bonds. The van der Waals surface area contributed by atoms with E-state index in [1.54, 1.807) is 42.4 Å². The third-order valence-corrected chi connectivity index (χ3v) is 4.50. The van der Waals surface area contributed by atoms with Gasteiger partial charge in [0, 0.05) is 12.6 Å². The molecule has 0 saturated carbocycles. The van der Waals surface area contributed by atoms with E-state index in [-0.39, 0.29) is 18.4 Å². The minimum atomic E-state index is -0.850. The van der Waals surface area contributed by atoms with E-state index in [0.717, 1.165) is 5.56 Å². The molecule has 7 heteroatoms. The van der Waals surface area contributed by atoms with Gasteiger partial charge in [0.05, 0.1) is 18.8 Å². The second kappa shape index (κ2) is 10.4. The van der Waals surface area contributed by atoms with Gasteiger partial charge in [-0.05, 0) is 43.3 Å². The summed E-state index contributed by atoms with van der Waals surface area (Å²) in [5.74, 6) is 0.357. The molecule has 0 aliphatic carbocycles. The fourth-order valence-electron chi connectivity index (χ4n) is 3.04. The Labute approximate surface area is 174 Å². The maximum absolute atomic E-state index is 13.3. The Morgan fingerprint density at radius 3 is 2.60 bits per heavy atom. The van der Waals surface area contributed by atoms with Gasteiger partial charge in [-0.2, -0.15) is 0 Å². The molecule has 3 rings (SSSR count). The number of rotatable bonds is 10. The number of pyridine rings is 1. The van der Waals surface area contributed by atoms with E-state index in [2.05, 4.69) is 10.3 Å². The van der Waals surface area contributed by atoms with Crippen molar-refractivity contribution in [1.29, 1.82) is 0 Å². The standard InChI is InChI=1S/C23H24FN3O3/c1-27(16-23(28)29)13-12-21(17-6-3-2-4-7-17)26-22-11-10-20(15-25-22)30-19-9-5-8-18(24)14-19/h2-11,14-15,21H,12-13,16H2,1H3,(H,25,26)(H,28,29). The van der Waals surface area contributed by atoms with E-state index in [4.69, 9.17) is 9.84 Å². The fourth-order valence-corrected chi connectivity index (χ4v) is 3.04. The van der Waals surface area contributed by atoms with Gasteiger partial charge in [0.1, 0.15) is 23.1 Å². The SMILES string of the molecule is CN(CCC(Nc1ccc(Oc2cccc(F)c2)cn1)c1ccccc1)CC(=O)O. The second-order valence-electron chi connectivity index (χ2n) is 6.97. The first kappa shape index (κ1) is 21.3. The van der Waals surface area contributed by atoms with Crippen LogP contribution in [-0.2, 0) is 4.79 Å². The number of nitrogens with one attached hydrogen (secondary N) is 1. The minimum Gasteiger partial charge on any atom is -0.480 e. The molecule has 0 aliphatic rings. The van der Waals surface area contributed by atoms with Crippen LogP contribution in [-0.4, -0.2) is 41.1 Å². The Bertz CT molecular complexity index is 951. The number of carboxylic acid groups (broad SMARTS) is 1. The van der Waals surface area contributed by atoms with Crippen molar-refractivity contribution in [3.63, 3.8) is 0 Å². The van der Waals surface area contributed by atoms with Gasteiger partial charge in [-0.1, -0.05) is 36.4 Å². The maximum atomic E-state index is 13.3. The summed E-state index contributed by atoms with van der Waals surface area (Å²) in [5, 5.41) is 12.4. The number of benzene rings is 2. The van der Waals surface area contributed by atoms with Crippen LogP contribution in [0.3, 0.4) is 0 Å². The highest BCUT2D eigenvalue weighted by Crippen LogP contribution is 2.25. The van der Waals surface area contributed by atoms with E-state index in [9.17, 15) is 9.18 Å². The Morgan fingerprint density at radius 2 is 1.93 bits per heavy atom. The van der Waals surface area contributed by atoms with Crippen molar-refractivity contribution < 1.29 is 19.0 Å². The van der Waals surface area contributed by atoms with Gasteiger partial charge in [-0.15, -0.1) is 0 Å². The van der Waals surface area contributed by atoms with Crippen LogP contribution in [0.25, 0.3) is 0 Å². The third-order valence-electron chi connectivity index (χ3n) is 4.50. The zero-order valence-corrected chi connectivity index (χ0v) is 16.7. The third kappa shape index (κ3) is 6.56. The van der Waals surface area contributed by atoms with E-state index >= 15 is 0 Å². The number of hydrogen-bond acceptors (Lipinski definition) is 5. The molecule has 30 heavy (non-hydrogen) atoms. The summed E-state index contributed by atoms with van der Waals surface area (Å²) in [6.07, 6.45) is 2.28. The van der Waals surface area contributed by atoms with Crippen LogP contribution in [0.1, 0.15) is 18.0 Å². The van der Waals surface area contributed by atoms with E-state index < -0.39 is 5.97 Å². The number of halogens is 1. The van der Waals surface area contributed by atoms with Gasteiger partial charge in [-0.25, -0.2) is 9.37 Å². The van der Waals surface area contributed by atoms with Gasteiger partial charge >= 0.3 is 5.97 Å². The molecule has 0 aliphatic heterocycles. The first-order chi connectivity index (χ1) is 14.5. The average molecular weight is 409 g/mol. The largest absolute Gasteiger partial charge is 0.480 e. The van der Waals surface area contributed by atoms with E-state index in [1.165, 1.54) is 12.1 Å². The van der Waals surface area contributed by atoms with Crippen molar-refractivity contribution in [2.45, 2.75) is 12.5 Å². The molecule has 0 radical (unpaired) electrons. The Balaban J connectivity index is 1.66. The van der Waals surface area contributed by atoms with Crippen LogP contribution in [0.4, 0.5) is 10.2 Å². The lowest BCUT2D eigenvalue weighted by Crippen LogP contribution is -2.28. The molecule has 156 valence electrons. The number of aliphatic carboxylic acids is 1. The molecule has 2 aromatic carbocycles. The first-order valence-electron chi connectivity index (χ1n) is 9.61. The highest BCUT2D eigenvalue weighted by Gasteiger charge is 2.14. The number of hydrogen-bond donors (Lipinski definition) is 2. The van der Waals surface area contributed by atoms with Gasteiger partial charge in [-0.3, -0.25) is 9.69 Å². The lowest BCUT2D eigenvalue weighted by atomic mass is 10.0. The van der Waals surface area contributed by atoms with Crippen molar-refractivity contribution in [2.24, 2.45) is 0 Å². The van der Waals surface area contributed by atoms with Crippen molar-refractivity contribution in [1.82, 2.24) is 9.88 Å². The Morgan fingerprint density at radius 1 is 1.13 bits per heavy atom. The first-order valence-corrected chi connectivity index (χ1v) is 9.61. The quantitative estimate of drug-likeness (QED) is 0.511. The molecular formula is C23H24FN3O3. The molecule has 1 aromatic heterocycles. The monoisotopic (exact) mass is 409 g/mol. The summed E-state index contributed by atoms with van der Waals surface area (Å²) in [4.78, 5) is 17.1. The molecule has 1 heterocycles. The van der Waals surface area contributed by atoms with Crippen molar-refractivity contribution in [2.75, 3.05) is 25.5 Å². The van der Waals surface area contributed by atoms with Crippen LogP contribution < -0.4 is 10.1 Å². The second-order valence-corrected chi connectivity index (χ2v) is 6.97. The van der Waals surface area contributed by atoms with Crippen LogP contribution in [0.2, 0.25) is 0 Å². The normalized spacial score (nSPS) is 11.8. The molecule has 0 saturated heterocycles. The minimum absolute atomic E-state index is 0.00806. The lowest BCUT2D eigenvalue weighted by Gasteiger charge is -2.23. The number of likely N-dealkylation sites (N-methyl/N-ethyl adjacent to an activating group) is 1. The summed E-state index contributed by atoms with van der Waals surface area (Å²) in [6.45, 7) is 0.603. The average Bonchev–Trinajstić information content (AvgIpc) is 2.72. The number of carbonyl (C=O) groups is 1. The molecular weight excluding hydrogens is 385 g/mol. The van der Waals surface area contributed by atoms with Crippen LogP contribution in [0.5, 0.6) is 11.5 Å². The number of ether oxygens (including phenoxy) is 1. The zero-order valence-electron chi connectivity index (χ0n) is 16.7. The van der Waals surface area contributed by atoms with E-state index in [0.29, 0.717) is 30.3 Å². The molecule has 0 spiro atoms. The molecule has 0 fully saturated rings. The van der Waals surface area contributed by atoms with Crippen molar-refractivity contribution in [3.8, 4) is 11.5 Å². The van der Waals surface area contributed by atoms with Crippen LogP contribution >= 0.6 is 0 Å². The summed E-state index contributed by atoms with van der Waals surface area (Å²) < 4.78 is 18.9. The Hall–Kier alpha value is -3.45. The Kier molecular flexibility index (Phi) is 7.34. The molecule has 3 aromatic rings. The van der Waals surface area contributed by atoms with E-state index in [1.807, 2.05) is 30.3 Å². The van der Waals surface area contributed by atoms with Crippen molar-refractivity contribution >= 4 is 11.8 Å². The number of nitrogens with zero attached hydrogens (tertiary/aromatic N) is 2. The lowest BCUT2D eigenvalue weighted by molar-refractivity contribution is -0.138. The summed E-state index contributed by atoms with van der Waals surface area (Å²) in [7, 11) is 1.78. The smallest absolute Gasteiger partial charge is 0.317 e. The fraction of sp³-hybridized carbons (Fsp3) is 0.217. The van der Waals surface area contributed by atoms with Crippen molar-refractivity contribution in [3.05, 3.63) is 84.3 Å². The van der Waals surface area contributed by atoms with Gasteiger partial charge in [0.25, 0.3) is 0 Å². The predicted molar refractivity (Wildman–Crippen MR) is 113 cm³/mol. The maximum Gasteiger partial charge on any atom is 0.317 e. The molecule has 1 atom stereocenters. The van der Waals surface area contributed by atoms with Gasteiger partial charge < -0.3 is 15.2 Å². The predicted octanol–water partition coefficient (Wildman–Crippen LogP) is 4.57. The van der Waals surface area contributed by atoms with Gasteiger partial charge in [0.2, 0.25) is 0 Å².